The Morgan fingerprint density at radius 2 is 2.00 bits per heavy atom. The number of nitriles is 1. The van der Waals surface area contributed by atoms with E-state index in [1.54, 1.807) is 17.5 Å². The predicted molar refractivity (Wildman–Crippen MR) is 125 cm³/mol. The maximum absolute atomic E-state index is 9.62. The number of fused-ring (bicyclic) bond motifs is 2. The standard InChI is InChI=1S/C25H18N4S/c26-15-19-16-28-25-22(14-21(30-25)8-4-7-17-5-2-1-3-6-17)24(19)29-20-9-10-23-18(13-20)11-12-27-23/h1-6,8-14,16,27H,7H2,(H,28,29). The van der Waals surface area contributed by atoms with Crippen LogP contribution in [0.3, 0.4) is 0 Å². The molecule has 30 heavy (non-hydrogen) atoms. The van der Waals surface area contributed by atoms with Crippen LogP contribution in [0.2, 0.25) is 0 Å². The lowest BCUT2D eigenvalue weighted by Crippen LogP contribution is -1.95. The van der Waals surface area contributed by atoms with Crippen LogP contribution >= 0.6 is 11.3 Å². The van der Waals surface area contributed by atoms with Gasteiger partial charge in [0.1, 0.15) is 10.9 Å². The third-order valence-electron chi connectivity index (χ3n) is 5.00. The van der Waals surface area contributed by atoms with Crippen LogP contribution in [0.5, 0.6) is 0 Å². The summed E-state index contributed by atoms with van der Waals surface area (Å²) in [5, 5.41) is 15.2. The van der Waals surface area contributed by atoms with Gasteiger partial charge in [0.15, 0.2) is 0 Å². The molecule has 0 bridgehead atoms. The second-order valence-electron chi connectivity index (χ2n) is 7.02. The number of pyridine rings is 1. The monoisotopic (exact) mass is 406 g/mol. The van der Waals surface area contributed by atoms with E-state index in [2.05, 4.69) is 69.9 Å². The third kappa shape index (κ3) is 3.57. The highest BCUT2D eigenvalue weighted by Crippen LogP contribution is 2.35. The molecular formula is C25H18N4S. The molecule has 0 aliphatic carbocycles. The summed E-state index contributed by atoms with van der Waals surface area (Å²) in [4.78, 5) is 9.73. The van der Waals surface area contributed by atoms with E-state index in [-0.39, 0.29) is 0 Å². The van der Waals surface area contributed by atoms with Gasteiger partial charge in [-0.1, -0.05) is 36.4 Å². The van der Waals surface area contributed by atoms with Crippen LogP contribution in [0, 0.1) is 11.3 Å². The molecule has 144 valence electrons. The molecule has 3 aromatic heterocycles. The van der Waals surface area contributed by atoms with Crippen molar-refractivity contribution in [1.29, 1.82) is 5.26 Å². The minimum absolute atomic E-state index is 0.536. The number of thiophene rings is 1. The highest BCUT2D eigenvalue weighted by molar-refractivity contribution is 7.19. The molecule has 0 aliphatic heterocycles. The molecule has 3 heterocycles. The van der Waals surface area contributed by atoms with Crippen LogP contribution in [0.4, 0.5) is 11.4 Å². The largest absolute Gasteiger partial charge is 0.361 e. The van der Waals surface area contributed by atoms with Gasteiger partial charge in [-0.05, 0) is 48.4 Å². The fraction of sp³-hybridized carbons (Fsp3) is 0.0400. The van der Waals surface area contributed by atoms with Crippen molar-refractivity contribution in [1.82, 2.24) is 9.97 Å². The quantitative estimate of drug-likeness (QED) is 0.343. The molecule has 0 fully saturated rings. The molecule has 2 aromatic carbocycles. The maximum Gasteiger partial charge on any atom is 0.125 e. The maximum atomic E-state index is 9.62. The molecule has 0 aliphatic rings. The molecule has 5 rings (SSSR count). The molecule has 0 radical (unpaired) electrons. The van der Waals surface area contributed by atoms with Gasteiger partial charge in [-0.3, -0.25) is 0 Å². The number of anilines is 2. The SMILES string of the molecule is N#Cc1cnc2sc(C=CCc3ccccc3)cc2c1Nc1ccc2[nH]ccc2c1. The van der Waals surface area contributed by atoms with E-state index in [1.807, 2.05) is 30.5 Å². The zero-order chi connectivity index (χ0) is 20.3. The minimum Gasteiger partial charge on any atom is -0.361 e. The zero-order valence-corrected chi connectivity index (χ0v) is 16.9. The summed E-state index contributed by atoms with van der Waals surface area (Å²) in [6.07, 6.45) is 8.74. The summed E-state index contributed by atoms with van der Waals surface area (Å²) in [5.41, 5.74) is 4.65. The summed E-state index contributed by atoms with van der Waals surface area (Å²) in [5.74, 6) is 0. The van der Waals surface area contributed by atoms with Gasteiger partial charge < -0.3 is 10.3 Å². The Labute approximate surface area is 178 Å². The van der Waals surface area contributed by atoms with Gasteiger partial charge in [-0.25, -0.2) is 4.98 Å². The molecule has 5 heteroatoms. The highest BCUT2D eigenvalue weighted by atomic mass is 32.1. The number of hydrogen-bond donors (Lipinski definition) is 2. The minimum atomic E-state index is 0.536. The van der Waals surface area contributed by atoms with E-state index in [9.17, 15) is 5.26 Å². The summed E-state index contributed by atoms with van der Waals surface area (Å²) >= 11 is 1.63. The van der Waals surface area contributed by atoms with Crippen LogP contribution in [0.15, 0.2) is 79.1 Å². The number of nitrogens with one attached hydrogen (secondary N) is 2. The van der Waals surface area contributed by atoms with Crippen molar-refractivity contribution in [3.05, 3.63) is 95.1 Å². The Hall–Kier alpha value is -3.88. The smallest absolute Gasteiger partial charge is 0.125 e. The number of H-pyrrole nitrogens is 1. The fourth-order valence-electron chi connectivity index (χ4n) is 3.51. The first-order chi connectivity index (χ1) is 14.8. The van der Waals surface area contributed by atoms with Gasteiger partial charge in [-0.2, -0.15) is 5.26 Å². The normalized spacial score (nSPS) is 11.3. The van der Waals surface area contributed by atoms with Crippen molar-refractivity contribution in [3.63, 3.8) is 0 Å². The molecule has 2 N–H and O–H groups in total. The highest BCUT2D eigenvalue weighted by Gasteiger charge is 2.12. The van der Waals surface area contributed by atoms with Crippen LogP contribution in [-0.4, -0.2) is 9.97 Å². The summed E-state index contributed by atoms with van der Waals surface area (Å²) < 4.78 is 0. The molecule has 5 aromatic rings. The van der Waals surface area contributed by atoms with Crippen LogP contribution in [0.25, 0.3) is 27.2 Å². The van der Waals surface area contributed by atoms with Gasteiger partial charge in [0.05, 0.1) is 11.3 Å². The Morgan fingerprint density at radius 1 is 1.10 bits per heavy atom. The van der Waals surface area contributed by atoms with E-state index >= 15 is 0 Å². The lowest BCUT2D eigenvalue weighted by molar-refractivity contribution is 1.28. The third-order valence-corrected chi connectivity index (χ3v) is 6.01. The first-order valence-electron chi connectivity index (χ1n) is 9.67. The van der Waals surface area contributed by atoms with Crippen LogP contribution < -0.4 is 5.32 Å². The molecule has 0 amide bonds. The average molecular weight is 407 g/mol. The fourth-order valence-corrected chi connectivity index (χ4v) is 4.45. The van der Waals surface area contributed by atoms with Crippen molar-refractivity contribution in [2.24, 2.45) is 0 Å². The van der Waals surface area contributed by atoms with Gasteiger partial charge in [0.25, 0.3) is 0 Å². The second-order valence-corrected chi connectivity index (χ2v) is 8.09. The Balaban J connectivity index is 1.48. The van der Waals surface area contributed by atoms with E-state index in [0.29, 0.717) is 5.56 Å². The first kappa shape index (κ1) is 18.2. The molecule has 0 atom stereocenters. The van der Waals surface area contributed by atoms with Crippen LogP contribution in [-0.2, 0) is 6.42 Å². The van der Waals surface area contributed by atoms with Gasteiger partial charge in [-0.15, -0.1) is 11.3 Å². The second kappa shape index (κ2) is 7.86. The molecule has 0 spiro atoms. The van der Waals surface area contributed by atoms with Crippen molar-refractivity contribution in [2.75, 3.05) is 5.32 Å². The number of allylic oxidation sites excluding steroid dienone is 1. The van der Waals surface area contributed by atoms with Crippen LogP contribution in [0.1, 0.15) is 16.0 Å². The first-order valence-corrected chi connectivity index (χ1v) is 10.5. The van der Waals surface area contributed by atoms with E-state index < -0.39 is 0 Å². The predicted octanol–water partition coefficient (Wildman–Crippen LogP) is 6.65. The number of benzene rings is 2. The molecule has 0 saturated heterocycles. The summed E-state index contributed by atoms with van der Waals surface area (Å²) in [6, 6.07) is 22.9. The zero-order valence-electron chi connectivity index (χ0n) is 16.1. The molecule has 0 unspecified atom stereocenters. The van der Waals surface area contributed by atoms with Crippen molar-refractivity contribution in [3.8, 4) is 6.07 Å². The number of hydrogen-bond acceptors (Lipinski definition) is 4. The van der Waals surface area contributed by atoms with E-state index in [0.717, 1.165) is 43.8 Å². The van der Waals surface area contributed by atoms with Gasteiger partial charge >= 0.3 is 0 Å². The Bertz CT molecular complexity index is 1400. The van der Waals surface area contributed by atoms with E-state index in [4.69, 9.17) is 0 Å². The molecule has 0 saturated carbocycles. The average Bonchev–Trinajstić information content (AvgIpc) is 3.41. The molecular weight excluding hydrogens is 388 g/mol. The summed E-state index contributed by atoms with van der Waals surface area (Å²) in [6.45, 7) is 0. The van der Waals surface area contributed by atoms with Crippen molar-refractivity contribution >= 4 is 49.9 Å². The lowest BCUT2D eigenvalue weighted by Gasteiger charge is -2.09. The van der Waals surface area contributed by atoms with E-state index in [1.165, 1.54) is 5.56 Å². The number of rotatable bonds is 5. The van der Waals surface area contributed by atoms with Crippen molar-refractivity contribution < 1.29 is 0 Å². The number of aromatic nitrogens is 2. The Kier molecular flexibility index (Phi) is 4.76. The number of nitrogens with zero attached hydrogens (tertiary/aromatic N) is 2. The van der Waals surface area contributed by atoms with Gasteiger partial charge in [0, 0.05) is 39.2 Å². The Morgan fingerprint density at radius 3 is 2.87 bits per heavy atom. The van der Waals surface area contributed by atoms with Gasteiger partial charge in [0.2, 0.25) is 0 Å². The topological polar surface area (TPSA) is 64.5 Å². The summed E-state index contributed by atoms with van der Waals surface area (Å²) in [7, 11) is 0. The molecule has 4 nitrogen and oxygen atoms in total. The lowest BCUT2D eigenvalue weighted by atomic mass is 10.1. The number of aromatic amines is 1. The van der Waals surface area contributed by atoms with Crippen molar-refractivity contribution in [2.45, 2.75) is 6.42 Å².